The van der Waals surface area contributed by atoms with E-state index < -0.39 is 5.41 Å². The number of benzene rings is 6. The SMILES string of the molecule is c1ccc(-c2ccc3c(c2)Oc2ccccc2C32c3ccccc3Oc3cc(-c4cccc(-c5cccnc5)c4)ccc32)cc1. The molecule has 0 N–H and O–H groups in total. The molecule has 3 nitrogen and oxygen atoms in total. The van der Waals surface area contributed by atoms with Gasteiger partial charge in [0, 0.05) is 40.2 Å². The molecule has 9 rings (SSSR count). The van der Waals surface area contributed by atoms with Crippen LogP contribution in [0, 0.1) is 0 Å². The summed E-state index contributed by atoms with van der Waals surface area (Å²) in [4.78, 5) is 4.32. The Morgan fingerprint density at radius 1 is 0.356 bits per heavy atom. The van der Waals surface area contributed by atoms with Gasteiger partial charge in [-0.15, -0.1) is 0 Å². The number of pyridine rings is 1. The predicted molar refractivity (Wildman–Crippen MR) is 179 cm³/mol. The van der Waals surface area contributed by atoms with Crippen molar-refractivity contribution in [2.75, 3.05) is 0 Å². The van der Waals surface area contributed by atoms with Crippen molar-refractivity contribution in [2.45, 2.75) is 5.41 Å². The molecule has 3 heterocycles. The molecule has 1 spiro atoms. The number of para-hydroxylation sites is 2. The average Bonchev–Trinajstić information content (AvgIpc) is 3.12. The van der Waals surface area contributed by atoms with E-state index in [1.165, 1.54) is 0 Å². The molecular weight excluding hydrogens is 550 g/mol. The zero-order valence-electron chi connectivity index (χ0n) is 24.4. The molecule has 212 valence electrons. The van der Waals surface area contributed by atoms with Gasteiger partial charge in [0.1, 0.15) is 23.0 Å². The van der Waals surface area contributed by atoms with Gasteiger partial charge in [0.25, 0.3) is 0 Å². The Bertz CT molecular complexity index is 2210. The van der Waals surface area contributed by atoms with Crippen LogP contribution in [0.25, 0.3) is 33.4 Å². The number of nitrogens with zero attached hydrogens (tertiary/aromatic N) is 1. The van der Waals surface area contributed by atoms with E-state index in [-0.39, 0.29) is 0 Å². The van der Waals surface area contributed by atoms with Crippen molar-refractivity contribution in [1.29, 1.82) is 0 Å². The van der Waals surface area contributed by atoms with E-state index in [2.05, 4.69) is 132 Å². The lowest BCUT2D eigenvalue weighted by Gasteiger charge is -2.45. The molecule has 45 heavy (non-hydrogen) atoms. The summed E-state index contributed by atoms with van der Waals surface area (Å²) in [6.45, 7) is 0. The van der Waals surface area contributed by atoms with Crippen LogP contribution < -0.4 is 9.47 Å². The lowest BCUT2D eigenvalue weighted by atomic mass is 9.62. The molecule has 0 saturated carbocycles. The minimum Gasteiger partial charge on any atom is -0.457 e. The van der Waals surface area contributed by atoms with Crippen LogP contribution in [0.3, 0.4) is 0 Å². The molecule has 0 bridgehead atoms. The van der Waals surface area contributed by atoms with Crippen LogP contribution in [-0.4, -0.2) is 4.98 Å². The topological polar surface area (TPSA) is 31.4 Å². The van der Waals surface area contributed by atoms with Crippen LogP contribution in [0.1, 0.15) is 22.3 Å². The Balaban J connectivity index is 1.28. The summed E-state index contributed by atoms with van der Waals surface area (Å²) in [6.07, 6.45) is 3.70. The first-order valence-corrected chi connectivity index (χ1v) is 15.2. The molecule has 1 unspecified atom stereocenters. The van der Waals surface area contributed by atoms with Crippen molar-refractivity contribution in [3.63, 3.8) is 0 Å². The number of hydrogen-bond acceptors (Lipinski definition) is 3. The van der Waals surface area contributed by atoms with E-state index in [0.717, 1.165) is 78.6 Å². The maximum absolute atomic E-state index is 6.75. The summed E-state index contributed by atoms with van der Waals surface area (Å²) in [6, 6.07) is 53.2. The van der Waals surface area contributed by atoms with Crippen molar-refractivity contribution < 1.29 is 9.47 Å². The zero-order valence-corrected chi connectivity index (χ0v) is 24.4. The Morgan fingerprint density at radius 3 is 1.47 bits per heavy atom. The molecule has 0 amide bonds. The van der Waals surface area contributed by atoms with Gasteiger partial charge >= 0.3 is 0 Å². The van der Waals surface area contributed by atoms with Gasteiger partial charge < -0.3 is 9.47 Å². The van der Waals surface area contributed by atoms with Crippen molar-refractivity contribution in [2.24, 2.45) is 0 Å². The molecule has 6 aromatic carbocycles. The number of ether oxygens (including phenoxy) is 2. The van der Waals surface area contributed by atoms with E-state index in [0.29, 0.717) is 0 Å². The minimum atomic E-state index is -0.625. The molecule has 1 aromatic heterocycles. The van der Waals surface area contributed by atoms with E-state index in [1.807, 2.05) is 30.5 Å². The first-order chi connectivity index (χ1) is 22.3. The summed E-state index contributed by atoms with van der Waals surface area (Å²) >= 11 is 0. The third-order valence-electron chi connectivity index (χ3n) is 9.09. The Kier molecular flexibility index (Phi) is 5.72. The normalized spacial score (nSPS) is 15.6. The van der Waals surface area contributed by atoms with Gasteiger partial charge in [-0.25, -0.2) is 0 Å². The fourth-order valence-corrected chi connectivity index (χ4v) is 7.07. The maximum atomic E-state index is 6.75. The third-order valence-corrected chi connectivity index (χ3v) is 9.09. The fraction of sp³-hybridized carbons (Fsp3) is 0.0238. The van der Waals surface area contributed by atoms with Crippen molar-refractivity contribution in [1.82, 2.24) is 4.98 Å². The van der Waals surface area contributed by atoms with Crippen LogP contribution in [0.15, 0.2) is 164 Å². The van der Waals surface area contributed by atoms with E-state index in [1.54, 1.807) is 6.20 Å². The van der Waals surface area contributed by atoms with Crippen LogP contribution in [0.4, 0.5) is 0 Å². The highest BCUT2D eigenvalue weighted by Gasteiger charge is 2.50. The minimum absolute atomic E-state index is 0.625. The summed E-state index contributed by atoms with van der Waals surface area (Å²) in [5.74, 6) is 3.39. The monoisotopic (exact) mass is 577 g/mol. The van der Waals surface area contributed by atoms with Crippen LogP contribution in [-0.2, 0) is 5.41 Å². The van der Waals surface area contributed by atoms with E-state index in [4.69, 9.17) is 9.47 Å². The molecule has 0 radical (unpaired) electrons. The number of rotatable bonds is 3. The molecule has 3 heteroatoms. The van der Waals surface area contributed by atoms with Gasteiger partial charge in [0.05, 0.1) is 5.41 Å². The quantitative estimate of drug-likeness (QED) is 0.209. The summed E-state index contributed by atoms with van der Waals surface area (Å²) < 4.78 is 13.5. The third kappa shape index (κ3) is 3.94. The van der Waals surface area contributed by atoms with Crippen molar-refractivity contribution >= 4 is 0 Å². The number of aromatic nitrogens is 1. The molecule has 7 aromatic rings. The summed E-state index contributed by atoms with van der Waals surface area (Å²) in [5.41, 5.74) is 10.5. The number of fused-ring (bicyclic) bond motifs is 8. The van der Waals surface area contributed by atoms with Gasteiger partial charge in [0.15, 0.2) is 0 Å². The lowest BCUT2D eigenvalue weighted by Crippen LogP contribution is -2.36. The zero-order chi connectivity index (χ0) is 29.8. The Hall–Kier alpha value is -5.93. The van der Waals surface area contributed by atoms with Gasteiger partial charge in [0.2, 0.25) is 0 Å². The molecule has 2 aliphatic rings. The second-order valence-electron chi connectivity index (χ2n) is 11.6. The van der Waals surface area contributed by atoms with Crippen LogP contribution >= 0.6 is 0 Å². The molecule has 1 atom stereocenters. The Morgan fingerprint density at radius 2 is 0.844 bits per heavy atom. The van der Waals surface area contributed by atoms with Crippen molar-refractivity contribution in [3.05, 3.63) is 186 Å². The van der Waals surface area contributed by atoms with Crippen LogP contribution in [0.5, 0.6) is 23.0 Å². The molecule has 0 saturated heterocycles. The van der Waals surface area contributed by atoms with Crippen LogP contribution in [0.2, 0.25) is 0 Å². The highest BCUT2D eigenvalue weighted by Crippen LogP contribution is 2.61. The first kappa shape index (κ1) is 25.6. The van der Waals surface area contributed by atoms with Gasteiger partial charge in [-0.3, -0.25) is 4.98 Å². The molecule has 0 fully saturated rings. The summed E-state index contributed by atoms with van der Waals surface area (Å²) in [5, 5.41) is 0. The highest BCUT2D eigenvalue weighted by atomic mass is 16.5. The van der Waals surface area contributed by atoms with Crippen molar-refractivity contribution in [3.8, 4) is 56.4 Å². The van der Waals surface area contributed by atoms with Gasteiger partial charge in [-0.1, -0.05) is 115 Å². The largest absolute Gasteiger partial charge is 0.457 e. The second kappa shape index (κ2) is 10.1. The van der Waals surface area contributed by atoms with E-state index in [9.17, 15) is 0 Å². The maximum Gasteiger partial charge on any atom is 0.132 e. The first-order valence-electron chi connectivity index (χ1n) is 15.2. The smallest absolute Gasteiger partial charge is 0.132 e. The average molecular weight is 578 g/mol. The summed E-state index contributed by atoms with van der Waals surface area (Å²) in [7, 11) is 0. The number of hydrogen-bond donors (Lipinski definition) is 0. The van der Waals surface area contributed by atoms with Gasteiger partial charge in [-0.05, 0) is 64.2 Å². The fourth-order valence-electron chi connectivity index (χ4n) is 7.07. The van der Waals surface area contributed by atoms with E-state index >= 15 is 0 Å². The highest BCUT2D eigenvalue weighted by molar-refractivity contribution is 5.80. The molecular formula is C42H27NO2. The van der Waals surface area contributed by atoms with Gasteiger partial charge in [-0.2, -0.15) is 0 Å². The predicted octanol–water partition coefficient (Wildman–Crippen LogP) is 10.7. The molecule has 2 aliphatic heterocycles. The Labute approximate surface area is 262 Å². The standard InChI is InChI=1S/C42H27NO2/c1-2-10-28(11-3-1)31-19-21-36-40(25-31)44-38-17-6-4-15-34(38)42(36)35-16-5-7-18-39(35)45-41-26-32(20-22-37(41)42)29-12-8-13-30(24-29)33-14-9-23-43-27-33/h1-27H. The second-order valence-corrected chi connectivity index (χ2v) is 11.6. The molecule has 0 aliphatic carbocycles. The lowest BCUT2D eigenvalue weighted by molar-refractivity contribution is 0.399.